The van der Waals surface area contributed by atoms with Crippen molar-refractivity contribution in [2.24, 2.45) is 0 Å². The summed E-state index contributed by atoms with van der Waals surface area (Å²) < 4.78 is 14.0. The van der Waals surface area contributed by atoms with Gasteiger partial charge in [-0.05, 0) is 79.4 Å². The first-order valence-electron chi connectivity index (χ1n) is 10.1. The molecule has 0 aliphatic carbocycles. The van der Waals surface area contributed by atoms with E-state index in [1.165, 1.54) is 18.3 Å². The zero-order valence-corrected chi connectivity index (χ0v) is 20.8. The van der Waals surface area contributed by atoms with Gasteiger partial charge in [0, 0.05) is 11.1 Å². The molecule has 0 radical (unpaired) electrons. The maximum Gasteiger partial charge on any atom is 0.358 e. The van der Waals surface area contributed by atoms with Gasteiger partial charge in [-0.15, -0.1) is 0 Å². The molecular formula is C27H28IO3+. The summed E-state index contributed by atoms with van der Waals surface area (Å²) in [5.41, 5.74) is 3.14. The predicted octanol–water partition coefficient (Wildman–Crippen LogP) is 3.69. The Morgan fingerprint density at radius 3 is 2.00 bits per heavy atom. The van der Waals surface area contributed by atoms with Gasteiger partial charge in [0.15, 0.2) is 7.14 Å². The Kier molecular flexibility index (Phi) is 7.21. The summed E-state index contributed by atoms with van der Waals surface area (Å²) in [5, 5.41) is 0. The molecule has 0 spiro atoms. The molecule has 0 bridgehead atoms. The number of aryl methyl sites for hydroxylation is 1. The van der Waals surface area contributed by atoms with Crippen LogP contribution in [0.5, 0.6) is 17.2 Å². The second-order valence-electron chi connectivity index (χ2n) is 8.51. The summed E-state index contributed by atoms with van der Waals surface area (Å²) in [6.07, 6.45) is 0. The summed E-state index contributed by atoms with van der Waals surface area (Å²) in [5.74, 6) is 1.51. The molecule has 0 aromatic heterocycles. The number of hydrogen-bond donors (Lipinski definition) is 0. The normalized spacial score (nSPS) is 11.1. The van der Waals surface area contributed by atoms with Crippen molar-refractivity contribution in [2.45, 2.75) is 40.0 Å². The van der Waals surface area contributed by atoms with E-state index >= 15 is 0 Å². The largest absolute Gasteiger partial charge is 0.457 e. The average molecular weight is 527 g/mol. The van der Waals surface area contributed by atoms with Crippen LogP contribution in [0.1, 0.15) is 38.8 Å². The van der Waals surface area contributed by atoms with Crippen molar-refractivity contribution in [1.82, 2.24) is 0 Å². The molecule has 0 saturated carbocycles. The minimum absolute atomic E-state index is 0.177. The van der Waals surface area contributed by atoms with Crippen LogP contribution in [-0.4, -0.2) is 5.97 Å². The van der Waals surface area contributed by atoms with Crippen molar-refractivity contribution in [3.05, 3.63) is 97.1 Å². The van der Waals surface area contributed by atoms with E-state index < -0.39 is 5.97 Å². The summed E-state index contributed by atoms with van der Waals surface area (Å²) in [6.45, 7) is 14.0. The fourth-order valence-electron chi connectivity index (χ4n) is 2.82. The lowest BCUT2D eigenvalue weighted by Gasteiger charge is -2.18. The first-order chi connectivity index (χ1) is 14.6. The number of esters is 1. The molecule has 0 saturated heterocycles. The standard InChI is InChI=1S/C27H28IO3/c1-18(2)26(29)31-23-13-11-22(12-14-23)30-24-15-16-25(19(3)17-24)28-21-9-7-20(8-10-21)27(4,5)6/h7-17H,1H2,2-6H3/q+1. The van der Waals surface area contributed by atoms with Crippen LogP contribution in [0.3, 0.4) is 0 Å². The Balaban J connectivity index is 1.65. The molecular weight excluding hydrogens is 499 g/mol. The lowest BCUT2D eigenvalue weighted by molar-refractivity contribution is -0.598. The van der Waals surface area contributed by atoms with Gasteiger partial charge >= 0.3 is 27.2 Å². The fourth-order valence-corrected chi connectivity index (χ4v) is 5.15. The minimum Gasteiger partial charge on any atom is -0.457 e. The molecule has 0 unspecified atom stereocenters. The molecule has 3 aromatic carbocycles. The molecule has 3 nitrogen and oxygen atoms in total. The van der Waals surface area contributed by atoms with Crippen molar-refractivity contribution in [3.8, 4) is 17.2 Å². The van der Waals surface area contributed by atoms with Gasteiger partial charge < -0.3 is 9.47 Å². The van der Waals surface area contributed by atoms with Crippen LogP contribution >= 0.6 is 0 Å². The molecule has 0 heterocycles. The zero-order chi connectivity index (χ0) is 22.6. The smallest absolute Gasteiger partial charge is 0.358 e. The Morgan fingerprint density at radius 2 is 1.45 bits per heavy atom. The topological polar surface area (TPSA) is 35.5 Å². The zero-order valence-electron chi connectivity index (χ0n) is 18.7. The highest BCUT2D eigenvalue weighted by Gasteiger charge is 2.20. The highest BCUT2D eigenvalue weighted by Crippen LogP contribution is 2.25. The number of halogens is 1. The van der Waals surface area contributed by atoms with E-state index in [9.17, 15) is 4.79 Å². The lowest BCUT2D eigenvalue weighted by Crippen LogP contribution is -3.61. The SMILES string of the molecule is C=C(C)C(=O)Oc1ccc(Oc2ccc([I+]c3ccc(C(C)(C)C)cc3)c(C)c2)cc1. The van der Waals surface area contributed by atoms with Crippen LogP contribution in [0.15, 0.2) is 78.9 Å². The first-order valence-corrected chi connectivity index (χ1v) is 12.3. The van der Waals surface area contributed by atoms with Crippen LogP contribution in [0.2, 0.25) is 0 Å². The van der Waals surface area contributed by atoms with Gasteiger partial charge in [0.1, 0.15) is 17.2 Å². The number of carbonyl (C=O) groups is 1. The van der Waals surface area contributed by atoms with Crippen molar-refractivity contribution < 1.29 is 35.5 Å². The van der Waals surface area contributed by atoms with Crippen LogP contribution in [0.4, 0.5) is 0 Å². The second kappa shape index (κ2) is 9.69. The van der Waals surface area contributed by atoms with Crippen LogP contribution in [-0.2, 0) is 10.2 Å². The van der Waals surface area contributed by atoms with Crippen molar-refractivity contribution in [3.63, 3.8) is 0 Å². The van der Waals surface area contributed by atoms with Gasteiger partial charge in [-0.3, -0.25) is 0 Å². The van der Waals surface area contributed by atoms with E-state index in [-0.39, 0.29) is 26.6 Å². The van der Waals surface area contributed by atoms with E-state index in [2.05, 4.69) is 70.7 Å². The monoisotopic (exact) mass is 527 g/mol. The summed E-state index contributed by atoms with van der Waals surface area (Å²) >= 11 is -0.246. The Morgan fingerprint density at radius 1 is 0.871 bits per heavy atom. The van der Waals surface area contributed by atoms with Gasteiger partial charge in [-0.25, -0.2) is 4.79 Å². The quantitative estimate of drug-likeness (QED) is 0.212. The van der Waals surface area contributed by atoms with Gasteiger partial charge in [-0.2, -0.15) is 0 Å². The number of carbonyl (C=O) groups excluding carboxylic acids is 1. The number of rotatable bonds is 6. The van der Waals surface area contributed by atoms with Crippen LogP contribution in [0.25, 0.3) is 0 Å². The molecule has 3 rings (SSSR count). The molecule has 4 heteroatoms. The van der Waals surface area contributed by atoms with E-state index in [0.717, 1.165) is 5.75 Å². The predicted molar refractivity (Wildman–Crippen MR) is 121 cm³/mol. The third-order valence-electron chi connectivity index (χ3n) is 4.67. The summed E-state index contributed by atoms with van der Waals surface area (Å²) in [6, 6.07) is 22.3. The van der Waals surface area contributed by atoms with E-state index in [1.54, 1.807) is 31.2 Å². The maximum absolute atomic E-state index is 11.6. The van der Waals surface area contributed by atoms with Gasteiger partial charge in [0.2, 0.25) is 0 Å². The number of ether oxygens (including phenoxy) is 2. The third-order valence-corrected chi connectivity index (χ3v) is 7.80. The van der Waals surface area contributed by atoms with Gasteiger partial charge in [0.25, 0.3) is 0 Å². The summed E-state index contributed by atoms with van der Waals surface area (Å²) in [7, 11) is 0. The molecule has 0 aliphatic heterocycles. The van der Waals surface area contributed by atoms with Gasteiger partial charge in [-0.1, -0.05) is 39.5 Å². The van der Waals surface area contributed by atoms with Gasteiger partial charge in [0.05, 0.1) is 0 Å². The Labute approximate surface area is 195 Å². The third kappa shape index (κ3) is 6.44. The molecule has 3 aromatic rings. The van der Waals surface area contributed by atoms with Crippen LogP contribution in [0, 0.1) is 14.1 Å². The molecule has 31 heavy (non-hydrogen) atoms. The molecule has 160 valence electrons. The van der Waals surface area contributed by atoms with Crippen molar-refractivity contribution >= 4 is 5.97 Å². The summed E-state index contributed by atoms with van der Waals surface area (Å²) in [4.78, 5) is 11.6. The Bertz CT molecular complexity index is 1070. The number of benzene rings is 3. The molecule has 0 amide bonds. The van der Waals surface area contributed by atoms with Crippen LogP contribution < -0.4 is 30.7 Å². The van der Waals surface area contributed by atoms with E-state index in [1.807, 2.05) is 6.07 Å². The van der Waals surface area contributed by atoms with Crippen molar-refractivity contribution in [2.75, 3.05) is 0 Å². The van der Waals surface area contributed by atoms with E-state index in [0.29, 0.717) is 17.1 Å². The molecule has 0 N–H and O–H groups in total. The van der Waals surface area contributed by atoms with Crippen molar-refractivity contribution in [1.29, 1.82) is 0 Å². The second-order valence-corrected chi connectivity index (χ2v) is 11.5. The average Bonchev–Trinajstić information content (AvgIpc) is 2.71. The van der Waals surface area contributed by atoms with E-state index in [4.69, 9.17) is 9.47 Å². The molecule has 0 fully saturated rings. The highest BCUT2D eigenvalue weighted by atomic mass is 127. The number of hydrogen-bond acceptors (Lipinski definition) is 3. The maximum atomic E-state index is 11.6. The molecule has 0 aliphatic rings. The minimum atomic E-state index is -0.434. The molecule has 0 atom stereocenters. The Hall–Kier alpha value is -2.60. The highest BCUT2D eigenvalue weighted by molar-refractivity contribution is 5.88. The fraction of sp³-hybridized carbons (Fsp3) is 0.222. The first kappa shape index (κ1) is 23.1. The lowest BCUT2D eigenvalue weighted by atomic mass is 9.87.